The number of nitrogens with one attached hydrogen (secondary N) is 4. The average Bonchev–Trinajstić information content (AvgIpc) is 3.13. The SMILES string of the molecule is CC(C)(C)OC(=O)CC[C@H](NC(=O)N[C@@H](CCCCNC(=O)[C@H](Cc1cc2ccccc2cn1)NC(=O)OCc1ccccc1)C(=O)OC(C)(C)C)C(=O)OC(C)(C)C. The first-order valence-corrected chi connectivity index (χ1v) is 19.9. The minimum Gasteiger partial charge on any atom is -0.460 e. The third-order valence-electron chi connectivity index (χ3n) is 8.19. The van der Waals surface area contributed by atoms with Crippen LogP contribution in [-0.4, -0.2) is 82.4 Å². The summed E-state index contributed by atoms with van der Waals surface area (Å²) in [7, 11) is 0. The summed E-state index contributed by atoms with van der Waals surface area (Å²) in [6.07, 6.45) is 1.65. The molecule has 2 aromatic carbocycles. The van der Waals surface area contributed by atoms with Crippen molar-refractivity contribution < 1.29 is 47.7 Å². The maximum absolute atomic E-state index is 13.5. The van der Waals surface area contributed by atoms with E-state index in [1.165, 1.54) is 0 Å². The minimum atomic E-state index is -1.22. The Balaban J connectivity index is 1.65. The van der Waals surface area contributed by atoms with Gasteiger partial charge in [0.2, 0.25) is 5.91 Å². The number of pyridine rings is 1. The maximum atomic E-state index is 13.5. The van der Waals surface area contributed by atoms with Gasteiger partial charge >= 0.3 is 30.0 Å². The van der Waals surface area contributed by atoms with Gasteiger partial charge < -0.3 is 40.2 Å². The van der Waals surface area contributed by atoms with Crippen LogP contribution in [0.15, 0.2) is 66.9 Å². The molecule has 0 saturated carbocycles. The Morgan fingerprint density at radius 1 is 0.644 bits per heavy atom. The zero-order valence-corrected chi connectivity index (χ0v) is 35.8. The van der Waals surface area contributed by atoms with E-state index in [9.17, 15) is 28.8 Å². The predicted octanol–water partition coefficient (Wildman–Crippen LogP) is 6.20. The Morgan fingerprint density at radius 3 is 1.80 bits per heavy atom. The lowest BCUT2D eigenvalue weighted by atomic mass is 10.1. The fourth-order valence-electron chi connectivity index (χ4n) is 5.63. The first-order chi connectivity index (χ1) is 27.6. The molecule has 322 valence electrons. The molecule has 0 spiro atoms. The van der Waals surface area contributed by atoms with Gasteiger partial charge in [0.25, 0.3) is 0 Å². The number of nitrogens with zero attached hydrogens (tertiary/aromatic N) is 1. The van der Waals surface area contributed by atoms with Crippen LogP contribution in [0.3, 0.4) is 0 Å². The van der Waals surface area contributed by atoms with Crippen molar-refractivity contribution >= 4 is 46.7 Å². The number of unbranched alkanes of at least 4 members (excludes halogenated alkanes) is 1. The van der Waals surface area contributed by atoms with E-state index in [1.807, 2.05) is 60.7 Å². The smallest absolute Gasteiger partial charge is 0.408 e. The van der Waals surface area contributed by atoms with Crippen molar-refractivity contribution in [1.82, 2.24) is 26.3 Å². The quantitative estimate of drug-likeness (QED) is 0.0647. The van der Waals surface area contributed by atoms with Gasteiger partial charge in [-0.05, 0) is 105 Å². The maximum Gasteiger partial charge on any atom is 0.408 e. The predicted molar refractivity (Wildman–Crippen MR) is 222 cm³/mol. The summed E-state index contributed by atoms with van der Waals surface area (Å²) in [5.74, 6) is -2.46. The molecule has 1 aromatic heterocycles. The second-order valence-corrected chi connectivity index (χ2v) is 17.2. The number of alkyl carbamates (subject to hydrolysis) is 1. The van der Waals surface area contributed by atoms with Crippen molar-refractivity contribution in [1.29, 1.82) is 0 Å². The molecule has 0 aliphatic carbocycles. The Morgan fingerprint density at radius 2 is 1.20 bits per heavy atom. The van der Waals surface area contributed by atoms with Gasteiger partial charge in [-0.2, -0.15) is 0 Å². The monoisotopic (exact) mass is 819 g/mol. The number of urea groups is 1. The van der Waals surface area contributed by atoms with Gasteiger partial charge in [0.1, 0.15) is 41.5 Å². The first kappa shape index (κ1) is 47.6. The van der Waals surface area contributed by atoms with Gasteiger partial charge in [0.15, 0.2) is 0 Å². The minimum absolute atomic E-state index is 0.0217. The molecule has 3 rings (SSSR count). The second kappa shape index (κ2) is 21.9. The molecule has 0 aliphatic heterocycles. The topological polar surface area (TPSA) is 200 Å². The van der Waals surface area contributed by atoms with Gasteiger partial charge in [0.05, 0.1) is 0 Å². The number of benzene rings is 2. The standard InChI is InChI=1S/C44H61N5O10/c1-42(2,3)57-36(50)23-22-34(39(53)59-44(7,8)9)48-40(54)47-33(38(52)58-43(4,5)6)21-15-16-24-45-37(51)35(49-41(55)56-28-29-17-11-10-12-18-29)26-32-25-30-19-13-14-20-31(30)27-46-32/h10-14,17-20,25,27,33-35H,15-16,21-24,26,28H2,1-9H3,(H,45,51)(H,49,55)(H2,47,48,54)/t33-,34-,35-/m0/s1. The van der Waals surface area contributed by atoms with Gasteiger partial charge in [-0.25, -0.2) is 19.2 Å². The largest absolute Gasteiger partial charge is 0.460 e. The normalized spacial score (nSPS) is 13.2. The van der Waals surface area contributed by atoms with Crippen LogP contribution >= 0.6 is 0 Å². The number of carbonyl (C=O) groups excluding carboxylic acids is 6. The van der Waals surface area contributed by atoms with Gasteiger partial charge in [0, 0.05) is 36.7 Å². The van der Waals surface area contributed by atoms with E-state index in [0.717, 1.165) is 16.3 Å². The molecule has 1 heterocycles. The summed E-state index contributed by atoms with van der Waals surface area (Å²) < 4.78 is 21.8. The number of aromatic nitrogens is 1. The molecule has 0 fully saturated rings. The molecule has 0 radical (unpaired) electrons. The highest BCUT2D eigenvalue weighted by Gasteiger charge is 2.31. The highest BCUT2D eigenvalue weighted by Crippen LogP contribution is 2.17. The summed E-state index contributed by atoms with van der Waals surface area (Å²) in [5.41, 5.74) is -1.09. The summed E-state index contributed by atoms with van der Waals surface area (Å²) in [6, 6.07) is 14.5. The van der Waals surface area contributed by atoms with Crippen molar-refractivity contribution in [2.24, 2.45) is 0 Å². The summed E-state index contributed by atoms with van der Waals surface area (Å²) >= 11 is 0. The lowest BCUT2D eigenvalue weighted by Crippen LogP contribution is -2.53. The van der Waals surface area contributed by atoms with E-state index < -0.39 is 70.9 Å². The van der Waals surface area contributed by atoms with E-state index >= 15 is 0 Å². The van der Waals surface area contributed by atoms with Gasteiger partial charge in [-0.15, -0.1) is 0 Å². The Kier molecular flexibility index (Phi) is 17.7. The number of amides is 4. The highest BCUT2D eigenvalue weighted by molar-refractivity contribution is 5.88. The number of esters is 3. The van der Waals surface area contributed by atoms with Crippen molar-refractivity contribution in [2.45, 2.75) is 142 Å². The molecule has 3 aromatic rings. The number of hydrogen-bond donors (Lipinski definition) is 4. The molecule has 15 nitrogen and oxygen atoms in total. The molecule has 0 bridgehead atoms. The molecular formula is C44H61N5O10. The van der Waals surface area contributed by atoms with E-state index in [1.54, 1.807) is 68.5 Å². The molecule has 0 unspecified atom stereocenters. The van der Waals surface area contributed by atoms with E-state index in [2.05, 4.69) is 26.3 Å². The van der Waals surface area contributed by atoms with Crippen LogP contribution in [0.25, 0.3) is 10.8 Å². The molecule has 4 amide bonds. The second-order valence-electron chi connectivity index (χ2n) is 17.2. The van der Waals surface area contributed by atoms with Crippen LogP contribution in [-0.2, 0) is 51.2 Å². The molecule has 4 N–H and O–H groups in total. The number of fused-ring (bicyclic) bond motifs is 1. The molecule has 3 atom stereocenters. The van der Waals surface area contributed by atoms with E-state index in [-0.39, 0.29) is 38.8 Å². The Bertz CT molecular complexity index is 1880. The van der Waals surface area contributed by atoms with Crippen molar-refractivity contribution in [3.05, 3.63) is 78.1 Å². The zero-order valence-electron chi connectivity index (χ0n) is 35.8. The Hall–Kier alpha value is -5.73. The fourth-order valence-corrected chi connectivity index (χ4v) is 5.63. The third kappa shape index (κ3) is 19.0. The van der Waals surface area contributed by atoms with E-state index in [4.69, 9.17) is 18.9 Å². The molecule has 0 saturated heterocycles. The summed E-state index contributed by atoms with van der Waals surface area (Å²) in [4.78, 5) is 83.0. The molecule has 59 heavy (non-hydrogen) atoms. The van der Waals surface area contributed by atoms with Crippen molar-refractivity contribution in [3.63, 3.8) is 0 Å². The van der Waals surface area contributed by atoms with Gasteiger partial charge in [-0.1, -0.05) is 54.6 Å². The van der Waals surface area contributed by atoms with Crippen molar-refractivity contribution in [2.75, 3.05) is 6.54 Å². The average molecular weight is 820 g/mol. The third-order valence-corrected chi connectivity index (χ3v) is 8.19. The number of rotatable bonds is 18. The van der Waals surface area contributed by atoms with Crippen LogP contribution in [0.2, 0.25) is 0 Å². The van der Waals surface area contributed by atoms with Crippen molar-refractivity contribution in [3.8, 4) is 0 Å². The summed E-state index contributed by atoms with van der Waals surface area (Å²) in [5, 5.41) is 12.6. The molecule has 0 aliphatic rings. The van der Waals surface area contributed by atoms with Crippen LogP contribution in [0.5, 0.6) is 0 Å². The highest BCUT2D eigenvalue weighted by atomic mass is 16.6. The van der Waals surface area contributed by atoms with Gasteiger partial charge in [-0.3, -0.25) is 14.6 Å². The number of hydrogen-bond acceptors (Lipinski definition) is 11. The zero-order chi connectivity index (χ0) is 43.8. The summed E-state index contributed by atoms with van der Waals surface area (Å²) in [6.45, 7) is 15.5. The molecular weight excluding hydrogens is 759 g/mol. The van der Waals surface area contributed by atoms with Crippen LogP contribution in [0.4, 0.5) is 9.59 Å². The molecule has 15 heteroatoms. The lowest BCUT2D eigenvalue weighted by Gasteiger charge is -2.27. The first-order valence-electron chi connectivity index (χ1n) is 19.9. The van der Waals surface area contributed by atoms with Crippen LogP contribution < -0.4 is 21.3 Å². The Labute approximate surface area is 347 Å². The van der Waals surface area contributed by atoms with Crippen LogP contribution in [0.1, 0.15) is 106 Å². The van der Waals surface area contributed by atoms with Crippen LogP contribution in [0, 0.1) is 0 Å². The number of carbonyl (C=O) groups is 6. The van der Waals surface area contributed by atoms with E-state index in [0.29, 0.717) is 18.5 Å². The number of ether oxygens (including phenoxy) is 4. The fraction of sp³-hybridized carbons (Fsp3) is 0.523. The lowest BCUT2D eigenvalue weighted by molar-refractivity contribution is -0.159.